The molecule has 0 aliphatic rings. The number of nitrogen functional groups attached to an aromatic ring is 3. The molecule has 0 unspecified atom stereocenters. The molecule has 0 aliphatic carbocycles. The van der Waals surface area contributed by atoms with Crippen LogP contribution in [0.5, 0.6) is 0 Å². The molecule has 0 saturated heterocycles. The Morgan fingerprint density at radius 1 is 0.750 bits per heavy atom. The molecule has 6 N–H and O–H groups in total. The van der Waals surface area contributed by atoms with Crippen LogP contribution in [0.25, 0.3) is 11.1 Å². The van der Waals surface area contributed by atoms with Gasteiger partial charge in [0.1, 0.15) is 0 Å². The maximum atomic E-state index is 5.95. The number of benzene rings is 2. The van der Waals surface area contributed by atoms with Crippen LogP contribution in [0.1, 0.15) is 5.56 Å². The molecular weight excluding hydrogens is 198 g/mol. The second kappa shape index (κ2) is 3.77. The summed E-state index contributed by atoms with van der Waals surface area (Å²) in [6.07, 6.45) is 0. The van der Waals surface area contributed by atoms with E-state index in [-0.39, 0.29) is 0 Å². The molecule has 2 rings (SSSR count). The number of nitrogens with two attached hydrogens (primary N) is 3. The normalized spacial score (nSPS) is 10.3. The molecule has 2 aromatic carbocycles. The second-order valence-corrected chi connectivity index (χ2v) is 3.90. The van der Waals surface area contributed by atoms with Gasteiger partial charge in [0.15, 0.2) is 0 Å². The molecule has 0 fully saturated rings. The highest BCUT2D eigenvalue weighted by Crippen LogP contribution is 2.33. The SMILES string of the molecule is Cc1ccc(-c2ccc(N)c(N)c2N)cc1. The summed E-state index contributed by atoms with van der Waals surface area (Å²) >= 11 is 0. The van der Waals surface area contributed by atoms with Gasteiger partial charge in [0.2, 0.25) is 0 Å². The minimum Gasteiger partial charge on any atom is -0.397 e. The van der Waals surface area contributed by atoms with Crippen LogP contribution in [0.4, 0.5) is 17.1 Å². The Balaban J connectivity index is 2.57. The van der Waals surface area contributed by atoms with Gasteiger partial charge in [-0.25, -0.2) is 0 Å². The van der Waals surface area contributed by atoms with E-state index in [1.165, 1.54) is 5.56 Å². The third-order valence-electron chi connectivity index (χ3n) is 2.68. The summed E-state index contributed by atoms with van der Waals surface area (Å²) in [6.45, 7) is 2.05. The number of hydrogen-bond donors (Lipinski definition) is 3. The van der Waals surface area contributed by atoms with Crippen molar-refractivity contribution in [2.45, 2.75) is 6.92 Å². The lowest BCUT2D eigenvalue weighted by molar-refractivity contribution is 1.47. The lowest BCUT2D eigenvalue weighted by Crippen LogP contribution is -2.01. The molecular formula is C13H15N3. The van der Waals surface area contributed by atoms with Gasteiger partial charge >= 0.3 is 0 Å². The van der Waals surface area contributed by atoms with E-state index in [0.717, 1.165) is 11.1 Å². The molecule has 0 aliphatic heterocycles. The summed E-state index contributed by atoms with van der Waals surface area (Å²) in [5.74, 6) is 0. The van der Waals surface area contributed by atoms with E-state index in [9.17, 15) is 0 Å². The highest BCUT2D eigenvalue weighted by molar-refractivity contribution is 5.90. The Hall–Kier alpha value is -2.16. The molecule has 3 heteroatoms. The maximum Gasteiger partial charge on any atom is 0.0787 e. The predicted molar refractivity (Wildman–Crippen MR) is 69.9 cm³/mol. The summed E-state index contributed by atoms with van der Waals surface area (Å²) in [6, 6.07) is 11.8. The number of hydrogen-bond acceptors (Lipinski definition) is 3. The molecule has 16 heavy (non-hydrogen) atoms. The van der Waals surface area contributed by atoms with Gasteiger partial charge in [-0.2, -0.15) is 0 Å². The van der Waals surface area contributed by atoms with E-state index in [4.69, 9.17) is 17.2 Å². The molecule has 82 valence electrons. The lowest BCUT2D eigenvalue weighted by Gasteiger charge is -2.10. The van der Waals surface area contributed by atoms with Gasteiger partial charge in [-0.05, 0) is 18.6 Å². The Kier molecular flexibility index (Phi) is 2.44. The molecule has 2 aromatic rings. The molecule has 0 aromatic heterocycles. The average Bonchev–Trinajstić information content (AvgIpc) is 2.28. The van der Waals surface area contributed by atoms with E-state index in [1.54, 1.807) is 6.07 Å². The van der Waals surface area contributed by atoms with Crippen LogP contribution in [0.15, 0.2) is 36.4 Å². The molecule has 0 saturated carbocycles. The first kappa shape index (κ1) is 10.4. The predicted octanol–water partition coefficient (Wildman–Crippen LogP) is 2.41. The van der Waals surface area contributed by atoms with E-state index in [1.807, 2.05) is 37.3 Å². The standard InChI is InChI=1S/C13H15N3/c1-8-2-4-9(5-3-8)10-6-7-11(14)13(16)12(10)15/h2-7H,14-16H2,1H3. The first-order valence-electron chi connectivity index (χ1n) is 5.10. The van der Waals surface area contributed by atoms with Crippen molar-refractivity contribution in [1.82, 2.24) is 0 Å². The summed E-state index contributed by atoms with van der Waals surface area (Å²) in [5.41, 5.74) is 22.1. The van der Waals surface area contributed by atoms with Crippen LogP contribution < -0.4 is 17.2 Å². The van der Waals surface area contributed by atoms with Crippen molar-refractivity contribution in [2.24, 2.45) is 0 Å². The summed E-state index contributed by atoms with van der Waals surface area (Å²) in [4.78, 5) is 0. The highest BCUT2D eigenvalue weighted by Gasteiger charge is 2.07. The minimum atomic E-state index is 0.457. The van der Waals surface area contributed by atoms with E-state index < -0.39 is 0 Å². The Bertz CT molecular complexity index is 515. The van der Waals surface area contributed by atoms with Gasteiger partial charge < -0.3 is 17.2 Å². The largest absolute Gasteiger partial charge is 0.397 e. The summed E-state index contributed by atoms with van der Waals surface area (Å²) < 4.78 is 0. The zero-order valence-electron chi connectivity index (χ0n) is 9.20. The first-order chi connectivity index (χ1) is 7.59. The number of anilines is 3. The first-order valence-corrected chi connectivity index (χ1v) is 5.10. The molecule has 0 radical (unpaired) electrons. The van der Waals surface area contributed by atoms with E-state index in [0.29, 0.717) is 17.1 Å². The number of rotatable bonds is 1. The van der Waals surface area contributed by atoms with Crippen LogP contribution in [-0.2, 0) is 0 Å². The van der Waals surface area contributed by atoms with Gasteiger partial charge in [0.25, 0.3) is 0 Å². The summed E-state index contributed by atoms with van der Waals surface area (Å²) in [7, 11) is 0. The summed E-state index contributed by atoms with van der Waals surface area (Å²) in [5, 5.41) is 0. The molecule has 0 heterocycles. The minimum absolute atomic E-state index is 0.457. The quantitative estimate of drug-likeness (QED) is 0.636. The van der Waals surface area contributed by atoms with Crippen LogP contribution in [0.3, 0.4) is 0 Å². The number of aryl methyl sites for hydroxylation is 1. The van der Waals surface area contributed by atoms with E-state index >= 15 is 0 Å². The van der Waals surface area contributed by atoms with Crippen molar-refractivity contribution in [3.63, 3.8) is 0 Å². The fraction of sp³-hybridized carbons (Fsp3) is 0.0769. The van der Waals surface area contributed by atoms with Crippen molar-refractivity contribution < 1.29 is 0 Å². The van der Waals surface area contributed by atoms with Crippen molar-refractivity contribution >= 4 is 17.1 Å². The molecule has 0 spiro atoms. The Labute approximate surface area is 94.9 Å². The zero-order valence-corrected chi connectivity index (χ0v) is 9.20. The van der Waals surface area contributed by atoms with Crippen molar-refractivity contribution in [2.75, 3.05) is 17.2 Å². The van der Waals surface area contributed by atoms with Crippen molar-refractivity contribution in [1.29, 1.82) is 0 Å². The van der Waals surface area contributed by atoms with Crippen LogP contribution in [0, 0.1) is 6.92 Å². The van der Waals surface area contributed by atoms with Crippen molar-refractivity contribution in [3.05, 3.63) is 42.0 Å². The average molecular weight is 213 g/mol. The third-order valence-corrected chi connectivity index (χ3v) is 2.68. The molecule has 0 amide bonds. The van der Waals surface area contributed by atoms with Crippen LogP contribution in [-0.4, -0.2) is 0 Å². The maximum absolute atomic E-state index is 5.95. The highest BCUT2D eigenvalue weighted by atomic mass is 14.7. The smallest absolute Gasteiger partial charge is 0.0787 e. The van der Waals surface area contributed by atoms with Gasteiger partial charge in [0, 0.05) is 5.56 Å². The Morgan fingerprint density at radius 3 is 2.00 bits per heavy atom. The fourth-order valence-electron chi connectivity index (χ4n) is 1.64. The lowest BCUT2D eigenvalue weighted by atomic mass is 10.0. The molecule has 0 atom stereocenters. The van der Waals surface area contributed by atoms with Gasteiger partial charge in [0.05, 0.1) is 17.1 Å². The van der Waals surface area contributed by atoms with Crippen molar-refractivity contribution in [3.8, 4) is 11.1 Å². The van der Waals surface area contributed by atoms with Crippen LogP contribution in [0.2, 0.25) is 0 Å². The molecule has 3 nitrogen and oxygen atoms in total. The van der Waals surface area contributed by atoms with Crippen LogP contribution >= 0.6 is 0 Å². The monoisotopic (exact) mass is 213 g/mol. The fourth-order valence-corrected chi connectivity index (χ4v) is 1.64. The van der Waals surface area contributed by atoms with Gasteiger partial charge in [-0.15, -0.1) is 0 Å². The Morgan fingerprint density at radius 2 is 1.38 bits per heavy atom. The topological polar surface area (TPSA) is 78.1 Å². The molecule has 0 bridgehead atoms. The third kappa shape index (κ3) is 1.67. The second-order valence-electron chi connectivity index (χ2n) is 3.90. The van der Waals surface area contributed by atoms with Gasteiger partial charge in [-0.1, -0.05) is 35.9 Å². The van der Waals surface area contributed by atoms with Gasteiger partial charge in [-0.3, -0.25) is 0 Å². The van der Waals surface area contributed by atoms with E-state index in [2.05, 4.69) is 0 Å². The zero-order chi connectivity index (χ0) is 11.7.